The van der Waals surface area contributed by atoms with Crippen LogP contribution in [0, 0.1) is 3.57 Å². The lowest BCUT2D eigenvalue weighted by Crippen LogP contribution is -2.40. The number of nitrogen functional groups attached to an aromatic ring is 1. The van der Waals surface area contributed by atoms with Gasteiger partial charge in [-0.3, -0.25) is 0 Å². The van der Waals surface area contributed by atoms with Crippen molar-refractivity contribution in [2.24, 2.45) is 0 Å². The number of benzene rings is 1. The summed E-state index contributed by atoms with van der Waals surface area (Å²) < 4.78 is 1.21. The molecule has 3 heteroatoms. The van der Waals surface area contributed by atoms with Gasteiger partial charge in [-0.05, 0) is 61.1 Å². The Bertz CT molecular complexity index is 347. The summed E-state index contributed by atoms with van der Waals surface area (Å²) in [5.41, 5.74) is 7.99. The molecule has 0 saturated carbocycles. The predicted octanol–water partition coefficient (Wildman–Crippen LogP) is 3.50. The summed E-state index contributed by atoms with van der Waals surface area (Å²) in [5, 5.41) is 0. The lowest BCUT2D eigenvalue weighted by Gasteiger charge is -2.37. The van der Waals surface area contributed by atoms with Crippen LogP contribution in [-0.2, 0) is 0 Å². The highest BCUT2D eigenvalue weighted by molar-refractivity contribution is 14.1. The zero-order valence-corrected chi connectivity index (χ0v) is 12.0. The van der Waals surface area contributed by atoms with E-state index in [9.17, 15) is 0 Å². The third-order valence-electron chi connectivity index (χ3n) is 3.11. The van der Waals surface area contributed by atoms with E-state index < -0.39 is 0 Å². The molecule has 0 radical (unpaired) electrons. The molecule has 0 aromatic heterocycles. The first-order chi connectivity index (χ1) is 6.88. The van der Waals surface area contributed by atoms with Crippen molar-refractivity contribution in [1.29, 1.82) is 0 Å². The van der Waals surface area contributed by atoms with Crippen LogP contribution in [0.2, 0.25) is 0 Å². The molecule has 0 heterocycles. The summed E-state index contributed by atoms with van der Waals surface area (Å²) in [6, 6.07) is 6.06. The quantitative estimate of drug-likeness (QED) is 0.683. The Hall–Kier alpha value is -0.450. The van der Waals surface area contributed by atoms with Crippen LogP contribution in [0.5, 0.6) is 0 Å². The smallest absolute Gasteiger partial charge is 0.0505 e. The third kappa shape index (κ3) is 2.77. The third-order valence-corrected chi connectivity index (χ3v) is 3.97. The highest BCUT2D eigenvalue weighted by Crippen LogP contribution is 2.30. The number of hydrogen-bond donors (Lipinski definition) is 1. The van der Waals surface area contributed by atoms with Gasteiger partial charge in [-0.15, -0.1) is 0 Å². The fraction of sp³-hybridized carbons (Fsp3) is 0.500. The Labute approximate surface area is 106 Å². The minimum atomic E-state index is 0.177. The average Bonchev–Trinajstić information content (AvgIpc) is 2.17. The van der Waals surface area contributed by atoms with E-state index in [1.54, 1.807) is 0 Å². The van der Waals surface area contributed by atoms with E-state index in [0.29, 0.717) is 0 Å². The Kier molecular flexibility index (Phi) is 3.87. The monoisotopic (exact) mass is 318 g/mol. The molecule has 0 amide bonds. The molecule has 0 spiro atoms. The SMILES string of the molecule is CCC(C)(C)N(C)c1ccc(N)cc1I. The van der Waals surface area contributed by atoms with Crippen molar-refractivity contribution >= 4 is 34.0 Å². The fourth-order valence-corrected chi connectivity index (χ4v) is 2.26. The normalized spacial score (nSPS) is 11.5. The summed E-state index contributed by atoms with van der Waals surface area (Å²) in [6.45, 7) is 6.71. The van der Waals surface area contributed by atoms with Crippen molar-refractivity contribution in [3.05, 3.63) is 21.8 Å². The molecule has 2 N–H and O–H groups in total. The van der Waals surface area contributed by atoms with Crippen LogP contribution in [0.15, 0.2) is 18.2 Å². The first-order valence-electron chi connectivity index (χ1n) is 5.17. The number of nitrogens with two attached hydrogens (primary N) is 1. The molecule has 1 aromatic rings. The number of hydrogen-bond acceptors (Lipinski definition) is 2. The Morgan fingerprint density at radius 3 is 2.47 bits per heavy atom. The molecule has 0 unspecified atom stereocenters. The second kappa shape index (κ2) is 4.60. The second-order valence-corrected chi connectivity index (χ2v) is 5.60. The summed E-state index contributed by atoms with van der Waals surface area (Å²) >= 11 is 2.34. The Balaban J connectivity index is 3.06. The second-order valence-electron chi connectivity index (χ2n) is 4.44. The average molecular weight is 318 g/mol. The van der Waals surface area contributed by atoms with Crippen molar-refractivity contribution < 1.29 is 0 Å². The molecule has 0 aliphatic carbocycles. The summed E-state index contributed by atoms with van der Waals surface area (Å²) in [6.07, 6.45) is 1.12. The van der Waals surface area contributed by atoms with Gasteiger partial charge in [-0.25, -0.2) is 0 Å². The van der Waals surface area contributed by atoms with Crippen LogP contribution in [0.4, 0.5) is 11.4 Å². The molecule has 0 bridgehead atoms. The van der Waals surface area contributed by atoms with Gasteiger partial charge < -0.3 is 10.6 Å². The summed E-state index contributed by atoms with van der Waals surface area (Å²) in [5.74, 6) is 0. The zero-order valence-electron chi connectivity index (χ0n) is 9.84. The highest BCUT2D eigenvalue weighted by Gasteiger charge is 2.22. The van der Waals surface area contributed by atoms with Crippen molar-refractivity contribution in [1.82, 2.24) is 0 Å². The van der Waals surface area contributed by atoms with E-state index in [-0.39, 0.29) is 5.54 Å². The van der Waals surface area contributed by atoms with Gasteiger partial charge in [-0.2, -0.15) is 0 Å². The van der Waals surface area contributed by atoms with Crippen LogP contribution in [0.25, 0.3) is 0 Å². The van der Waals surface area contributed by atoms with E-state index in [1.165, 1.54) is 9.26 Å². The van der Waals surface area contributed by atoms with Crippen LogP contribution < -0.4 is 10.6 Å². The van der Waals surface area contributed by atoms with Gasteiger partial charge in [0.25, 0.3) is 0 Å². The summed E-state index contributed by atoms with van der Waals surface area (Å²) in [7, 11) is 2.14. The largest absolute Gasteiger partial charge is 0.399 e. The van der Waals surface area contributed by atoms with Crippen molar-refractivity contribution in [3.8, 4) is 0 Å². The fourth-order valence-electron chi connectivity index (χ4n) is 1.36. The van der Waals surface area contributed by atoms with Gasteiger partial charge in [0.05, 0.1) is 5.69 Å². The lowest BCUT2D eigenvalue weighted by atomic mass is 9.99. The molecule has 0 saturated heterocycles. The maximum Gasteiger partial charge on any atom is 0.0505 e. The van der Waals surface area contributed by atoms with Crippen LogP contribution in [0.3, 0.4) is 0 Å². The molecule has 1 rings (SSSR count). The predicted molar refractivity (Wildman–Crippen MR) is 76.3 cm³/mol. The molecule has 0 aliphatic heterocycles. The van der Waals surface area contributed by atoms with Gasteiger partial charge in [0.15, 0.2) is 0 Å². The van der Waals surface area contributed by atoms with Gasteiger partial charge in [-0.1, -0.05) is 6.92 Å². The van der Waals surface area contributed by atoms with E-state index in [0.717, 1.165) is 12.1 Å². The Morgan fingerprint density at radius 2 is 2.00 bits per heavy atom. The van der Waals surface area contributed by atoms with Crippen molar-refractivity contribution in [2.75, 3.05) is 17.7 Å². The molecule has 2 nitrogen and oxygen atoms in total. The molecule has 0 fully saturated rings. The van der Waals surface area contributed by atoms with Crippen LogP contribution >= 0.6 is 22.6 Å². The van der Waals surface area contributed by atoms with E-state index >= 15 is 0 Å². The summed E-state index contributed by atoms with van der Waals surface area (Å²) in [4.78, 5) is 2.31. The molecule has 0 atom stereocenters. The van der Waals surface area contributed by atoms with E-state index in [1.807, 2.05) is 12.1 Å². The van der Waals surface area contributed by atoms with E-state index in [2.05, 4.69) is 61.4 Å². The topological polar surface area (TPSA) is 29.3 Å². The van der Waals surface area contributed by atoms with E-state index in [4.69, 9.17) is 5.73 Å². The van der Waals surface area contributed by atoms with Crippen molar-refractivity contribution in [2.45, 2.75) is 32.7 Å². The standard InChI is InChI=1S/C12H19IN2/c1-5-12(2,3)15(4)11-7-6-9(14)8-10(11)13/h6-8H,5,14H2,1-4H3. The molecule has 1 aromatic carbocycles. The molecule has 0 aliphatic rings. The Morgan fingerprint density at radius 1 is 1.40 bits per heavy atom. The maximum atomic E-state index is 5.75. The molecule has 15 heavy (non-hydrogen) atoms. The van der Waals surface area contributed by atoms with Crippen molar-refractivity contribution in [3.63, 3.8) is 0 Å². The molecular formula is C12H19IN2. The highest BCUT2D eigenvalue weighted by atomic mass is 127. The zero-order chi connectivity index (χ0) is 11.6. The minimum absolute atomic E-state index is 0.177. The van der Waals surface area contributed by atoms with Gasteiger partial charge in [0, 0.05) is 21.8 Å². The number of anilines is 2. The van der Waals surface area contributed by atoms with Gasteiger partial charge >= 0.3 is 0 Å². The first kappa shape index (κ1) is 12.6. The maximum absolute atomic E-state index is 5.75. The molecular weight excluding hydrogens is 299 g/mol. The lowest BCUT2D eigenvalue weighted by molar-refractivity contribution is 0.470. The minimum Gasteiger partial charge on any atom is -0.399 e. The van der Waals surface area contributed by atoms with Gasteiger partial charge in [0.1, 0.15) is 0 Å². The van der Waals surface area contributed by atoms with Crippen LogP contribution in [0.1, 0.15) is 27.2 Å². The number of halogens is 1. The molecule has 84 valence electrons. The number of nitrogens with zero attached hydrogens (tertiary/aromatic N) is 1. The van der Waals surface area contributed by atoms with Crippen LogP contribution in [-0.4, -0.2) is 12.6 Å². The first-order valence-corrected chi connectivity index (χ1v) is 6.25. The van der Waals surface area contributed by atoms with Gasteiger partial charge in [0.2, 0.25) is 0 Å². The number of rotatable bonds is 3.